The molecule has 1 amide bonds. The Morgan fingerprint density at radius 3 is 2.52 bits per heavy atom. The van der Waals surface area contributed by atoms with Gasteiger partial charge < -0.3 is 19.3 Å². The number of nitrogens with one attached hydrogen (secondary N) is 1. The van der Waals surface area contributed by atoms with Crippen LogP contribution in [0.5, 0.6) is 11.5 Å². The Bertz CT molecular complexity index is 919. The van der Waals surface area contributed by atoms with Crippen molar-refractivity contribution in [1.29, 1.82) is 0 Å². The average Bonchev–Trinajstić information content (AvgIpc) is 3.16. The second-order valence-corrected chi connectivity index (χ2v) is 5.95. The molecule has 0 atom stereocenters. The molecule has 1 N–H and O–H groups in total. The van der Waals surface area contributed by atoms with Gasteiger partial charge in [-0.3, -0.25) is 4.79 Å². The number of hydrogen-bond donors (Lipinski definition) is 1. The topological polar surface area (TPSA) is 86.5 Å². The van der Waals surface area contributed by atoms with Crippen molar-refractivity contribution >= 4 is 5.91 Å². The molecule has 2 aromatic carbocycles. The van der Waals surface area contributed by atoms with E-state index in [0.717, 1.165) is 5.56 Å². The summed E-state index contributed by atoms with van der Waals surface area (Å²) in [5.41, 5.74) is 2.55. The number of carbonyl (C=O) groups excluding carboxylic acids is 1. The highest BCUT2D eigenvalue weighted by atomic mass is 16.5. The van der Waals surface area contributed by atoms with Gasteiger partial charge in [0.1, 0.15) is 0 Å². The van der Waals surface area contributed by atoms with E-state index in [1.807, 2.05) is 31.2 Å². The quantitative estimate of drug-likeness (QED) is 0.691. The predicted octanol–water partition coefficient (Wildman–Crippen LogP) is 3.03. The molecule has 0 aliphatic rings. The first-order valence-electron chi connectivity index (χ1n) is 8.50. The Morgan fingerprint density at radius 2 is 1.81 bits per heavy atom. The van der Waals surface area contributed by atoms with Crippen molar-refractivity contribution < 1.29 is 18.8 Å². The van der Waals surface area contributed by atoms with Crippen LogP contribution < -0.4 is 14.8 Å². The van der Waals surface area contributed by atoms with E-state index in [9.17, 15) is 4.79 Å². The first kappa shape index (κ1) is 18.4. The summed E-state index contributed by atoms with van der Waals surface area (Å²) in [6.45, 7) is 2.40. The summed E-state index contributed by atoms with van der Waals surface area (Å²) in [7, 11) is 3.08. The standard InChI is InChI=1S/C20H21N3O4/c1-13-4-6-14(7-5-13)19-22-18(27-23-19)10-11-21-20(24)15-8-9-16(25-2)17(12-15)26-3/h4-9,12H,10-11H2,1-3H3,(H,21,24). The van der Waals surface area contributed by atoms with Crippen molar-refractivity contribution in [3.8, 4) is 22.9 Å². The summed E-state index contributed by atoms with van der Waals surface area (Å²) in [5, 5.41) is 6.81. The highest BCUT2D eigenvalue weighted by Gasteiger charge is 2.12. The molecule has 3 aromatic rings. The van der Waals surface area contributed by atoms with E-state index in [4.69, 9.17) is 14.0 Å². The molecule has 0 saturated heterocycles. The minimum absolute atomic E-state index is 0.214. The van der Waals surface area contributed by atoms with Gasteiger partial charge in [-0.2, -0.15) is 4.98 Å². The van der Waals surface area contributed by atoms with Crippen LogP contribution in [-0.2, 0) is 6.42 Å². The van der Waals surface area contributed by atoms with Gasteiger partial charge in [-0.25, -0.2) is 0 Å². The summed E-state index contributed by atoms with van der Waals surface area (Å²) >= 11 is 0. The second-order valence-electron chi connectivity index (χ2n) is 5.95. The lowest BCUT2D eigenvalue weighted by atomic mass is 10.1. The molecule has 7 nitrogen and oxygen atoms in total. The van der Waals surface area contributed by atoms with Crippen LogP contribution in [0.25, 0.3) is 11.4 Å². The molecule has 3 rings (SSSR count). The minimum Gasteiger partial charge on any atom is -0.493 e. The van der Waals surface area contributed by atoms with E-state index in [2.05, 4.69) is 15.5 Å². The maximum absolute atomic E-state index is 12.3. The van der Waals surface area contributed by atoms with Gasteiger partial charge in [0.25, 0.3) is 5.91 Å². The number of carbonyl (C=O) groups is 1. The monoisotopic (exact) mass is 367 g/mol. The van der Waals surface area contributed by atoms with Crippen LogP contribution in [0.2, 0.25) is 0 Å². The fraction of sp³-hybridized carbons (Fsp3) is 0.250. The maximum atomic E-state index is 12.3. The van der Waals surface area contributed by atoms with E-state index >= 15 is 0 Å². The molecule has 27 heavy (non-hydrogen) atoms. The van der Waals surface area contributed by atoms with Crippen molar-refractivity contribution in [2.45, 2.75) is 13.3 Å². The first-order valence-corrected chi connectivity index (χ1v) is 8.50. The zero-order chi connectivity index (χ0) is 19.2. The summed E-state index contributed by atoms with van der Waals surface area (Å²) in [5.74, 6) is 1.87. The summed E-state index contributed by atoms with van der Waals surface area (Å²) < 4.78 is 15.6. The smallest absolute Gasteiger partial charge is 0.251 e. The second kappa shape index (κ2) is 8.35. The summed E-state index contributed by atoms with van der Waals surface area (Å²) in [6, 6.07) is 12.9. The first-order chi connectivity index (χ1) is 13.1. The van der Waals surface area contributed by atoms with Gasteiger partial charge >= 0.3 is 0 Å². The van der Waals surface area contributed by atoms with Crippen molar-refractivity contribution in [3.63, 3.8) is 0 Å². The van der Waals surface area contributed by atoms with Crippen LogP contribution in [-0.4, -0.2) is 36.8 Å². The number of amides is 1. The maximum Gasteiger partial charge on any atom is 0.251 e. The molecular formula is C20H21N3O4. The summed E-state index contributed by atoms with van der Waals surface area (Å²) in [6.07, 6.45) is 0.442. The van der Waals surface area contributed by atoms with E-state index in [1.54, 1.807) is 25.3 Å². The van der Waals surface area contributed by atoms with Gasteiger partial charge in [-0.1, -0.05) is 35.0 Å². The van der Waals surface area contributed by atoms with Crippen LogP contribution in [0, 0.1) is 6.92 Å². The lowest BCUT2D eigenvalue weighted by molar-refractivity contribution is 0.0953. The summed E-state index contributed by atoms with van der Waals surface area (Å²) in [4.78, 5) is 16.7. The number of aromatic nitrogens is 2. The van der Waals surface area contributed by atoms with E-state index in [-0.39, 0.29) is 5.91 Å². The Hall–Kier alpha value is -3.35. The number of aryl methyl sites for hydroxylation is 1. The molecule has 0 bridgehead atoms. The zero-order valence-corrected chi connectivity index (χ0v) is 15.5. The normalized spacial score (nSPS) is 10.5. The molecule has 7 heteroatoms. The van der Waals surface area contributed by atoms with Crippen molar-refractivity contribution in [3.05, 3.63) is 59.5 Å². The van der Waals surface area contributed by atoms with Gasteiger partial charge in [0, 0.05) is 24.1 Å². The van der Waals surface area contributed by atoms with Gasteiger partial charge in [0.05, 0.1) is 14.2 Å². The third-order valence-electron chi connectivity index (χ3n) is 4.05. The molecule has 0 spiro atoms. The number of ether oxygens (including phenoxy) is 2. The fourth-order valence-electron chi connectivity index (χ4n) is 2.54. The number of nitrogens with zero attached hydrogens (tertiary/aromatic N) is 2. The number of hydrogen-bond acceptors (Lipinski definition) is 6. The van der Waals surface area contributed by atoms with E-state index in [1.165, 1.54) is 12.7 Å². The van der Waals surface area contributed by atoms with Crippen molar-refractivity contribution in [1.82, 2.24) is 15.5 Å². The number of rotatable bonds is 7. The van der Waals surface area contributed by atoms with Crippen molar-refractivity contribution in [2.75, 3.05) is 20.8 Å². The van der Waals surface area contributed by atoms with Crippen molar-refractivity contribution in [2.24, 2.45) is 0 Å². The molecule has 0 saturated carbocycles. The van der Waals surface area contributed by atoms with E-state index in [0.29, 0.717) is 41.7 Å². The highest BCUT2D eigenvalue weighted by Crippen LogP contribution is 2.27. The highest BCUT2D eigenvalue weighted by molar-refractivity contribution is 5.94. The average molecular weight is 367 g/mol. The van der Waals surface area contributed by atoms with Crippen LogP contribution in [0.1, 0.15) is 21.8 Å². The molecule has 1 aromatic heterocycles. The SMILES string of the molecule is COc1ccc(C(=O)NCCc2nc(-c3ccc(C)cc3)no2)cc1OC. The molecule has 1 heterocycles. The Labute approximate surface area is 157 Å². The predicted molar refractivity (Wildman–Crippen MR) is 100 cm³/mol. The molecule has 140 valence electrons. The van der Waals surface area contributed by atoms with Crippen LogP contribution in [0.3, 0.4) is 0 Å². The molecule has 0 radical (unpaired) electrons. The van der Waals surface area contributed by atoms with Gasteiger partial charge in [0.2, 0.25) is 11.7 Å². The lowest BCUT2D eigenvalue weighted by Crippen LogP contribution is -2.25. The van der Waals surface area contributed by atoms with Crippen LogP contribution >= 0.6 is 0 Å². The minimum atomic E-state index is -0.214. The lowest BCUT2D eigenvalue weighted by Gasteiger charge is -2.09. The Morgan fingerprint density at radius 1 is 1.07 bits per heavy atom. The van der Waals surface area contributed by atoms with Gasteiger partial charge in [-0.15, -0.1) is 0 Å². The Kier molecular flexibility index (Phi) is 5.71. The van der Waals surface area contributed by atoms with Crippen LogP contribution in [0.4, 0.5) is 0 Å². The number of methoxy groups -OCH3 is 2. The third-order valence-corrected chi connectivity index (χ3v) is 4.05. The third kappa shape index (κ3) is 4.44. The van der Waals surface area contributed by atoms with Gasteiger partial charge in [0.15, 0.2) is 11.5 Å². The Balaban J connectivity index is 1.57. The molecule has 0 fully saturated rings. The van der Waals surface area contributed by atoms with Crippen LogP contribution in [0.15, 0.2) is 47.0 Å². The molecule has 0 aliphatic heterocycles. The molecule has 0 aliphatic carbocycles. The molecular weight excluding hydrogens is 346 g/mol. The zero-order valence-electron chi connectivity index (χ0n) is 15.5. The largest absolute Gasteiger partial charge is 0.493 e. The fourth-order valence-corrected chi connectivity index (χ4v) is 2.54. The number of benzene rings is 2. The molecule has 0 unspecified atom stereocenters. The van der Waals surface area contributed by atoms with Gasteiger partial charge in [-0.05, 0) is 25.1 Å². The van der Waals surface area contributed by atoms with E-state index < -0.39 is 0 Å².